The Morgan fingerprint density at radius 3 is 0.957 bits per heavy atom. The highest BCUT2D eigenvalue weighted by Crippen LogP contribution is 2.24. The van der Waals surface area contributed by atoms with E-state index in [1.807, 2.05) is 0 Å². The molecule has 0 aliphatic carbocycles. The highest BCUT2D eigenvalue weighted by molar-refractivity contribution is 5.66. The van der Waals surface area contributed by atoms with E-state index in [9.17, 15) is 9.59 Å². The number of carboxylic acid groups (broad SMARTS) is 2. The molecule has 0 aromatic carbocycles. The zero-order valence-electron chi connectivity index (χ0n) is 30.6. The summed E-state index contributed by atoms with van der Waals surface area (Å²) in [6.07, 6.45) is 51.3. The van der Waals surface area contributed by atoms with Crippen molar-refractivity contribution in [2.45, 2.75) is 225 Å². The van der Waals surface area contributed by atoms with Gasteiger partial charge in [0, 0.05) is 12.8 Å². The Balaban J connectivity index is 3.62. The van der Waals surface area contributed by atoms with Crippen LogP contribution in [0.4, 0.5) is 0 Å². The maximum absolute atomic E-state index is 10.5. The van der Waals surface area contributed by atoms with Gasteiger partial charge in [-0.05, 0) is 70.1 Å². The molecule has 0 saturated heterocycles. The number of aliphatic carboxylic acids is 2. The van der Waals surface area contributed by atoms with E-state index < -0.39 is 11.9 Å². The zero-order chi connectivity index (χ0) is 33.6. The maximum Gasteiger partial charge on any atom is 0.303 e. The molecule has 0 aliphatic heterocycles. The van der Waals surface area contributed by atoms with Gasteiger partial charge in [-0.3, -0.25) is 9.59 Å². The molecular weight excluding hydrogens is 568 g/mol. The van der Waals surface area contributed by atoms with Crippen molar-refractivity contribution in [3.8, 4) is 0 Å². The summed E-state index contributed by atoms with van der Waals surface area (Å²) < 4.78 is 0. The minimum atomic E-state index is -0.665. The van der Waals surface area contributed by atoms with Crippen LogP contribution in [0.3, 0.4) is 0 Å². The van der Waals surface area contributed by atoms with E-state index in [1.54, 1.807) is 0 Å². The normalized spacial score (nSPS) is 11.9. The molecule has 0 heterocycles. The number of allylic oxidation sites excluding steroid dienone is 4. The van der Waals surface area contributed by atoms with Gasteiger partial charge in [0.15, 0.2) is 0 Å². The van der Waals surface area contributed by atoms with E-state index in [-0.39, 0.29) is 0 Å². The monoisotopic (exact) mass is 647 g/mol. The SMILES string of the molecule is CCCCCC(CCCCCCCC/C=C\CCCCCCCC(=O)O)CCCCCCCC/C=C\CCCCCCCC(=O)O. The quantitative estimate of drug-likeness (QED) is 0.0517. The van der Waals surface area contributed by atoms with Crippen molar-refractivity contribution < 1.29 is 19.8 Å². The lowest BCUT2D eigenvalue weighted by Gasteiger charge is -2.17. The first kappa shape index (κ1) is 44.4. The van der Waals surface area contributed by atoms with Crippen LogP contribution in [0.5, 0.6) is 0 Å². The maximum atomic E-state index is 10.5. The molecule has 0 unspecified atom stereocenters. The lowest BCUT2D eigenvalue weighted by molar-refractivity contribution is -0.138. The van der Waals surface area contributed by atoms with Crippen LogP contribution in [0.2, 0.25) is 0 Å². The van der Waals surface area contributed by atoms with Gasteiger partial charge in [-0.25, -0.2) is 0 Å². The van der Waals surface area contributed by atoms with E-state index >= 15 is 0 Å². The fourth-order valence-electron chi connectivity index (χ4n) is 6.53. The van der Waals surface area contributed by atoms with Crippen LogP contribution in [0.25, 0.3) is 0 Å². The van der Waals surface area contributed by atoms with Gasteiger partial charge in [-0.15, -0.1) is 0 Å². The van der Waals surface area contributed by atoms with E-state index in [2.05, 4.69) is 31.2 Å². The van der Waals surface area contributed by atoms with Crippen LogP contribution in [-0.4, -0.2) is 22.2 Å². The third kappa shape index (κ3) is 38.6. The van der Waals surface area contributed by atoms with Crippen LogP contribution < -0.4 is 0 Å². The van der Waals surface area contributed by atoms with Crippen LogP contribution in [-0.2, 0) is 9.59 Å². The average molecular weight is 647 g/mol. The summed E-state index contributed by atoms with van der Waals surface area (Å²) in [6, 6.07) is 0. The van der Waals surface area contributed by atoms with Crippen LogP contribution in [0.1, 0.15) is 225 Å². The topological polar surface area (TPSA) is 74.6 Å². The predicted octanol–water partition coefficient (Wildman–Crippen LogP) is 14.2. The van der Waals surface area contributed by atoms with Crippen molar-refractivity contribution in [2.75, 3.05) is 0 Å². The Labute approximate surface area is 286 Å². The lowest BCUT2D eigenvalue weighted by atomic mass is 9.89. The Bertz CT molecular complexity index is 644. The summed E-state index contributed by atoms with van der Waals surface area (Å²) in [7, 11) is 0. The fraction of sp³-hybridized carbons (Fsp3) is 0.857. The molecular formula is C42H78O4. The van der Waals surface area contributed by atoms with Gasteiger partial charge in [0.2, 0.25) is 0 Å². The second kappa shape index (κ2) is 37.9. The highest BCUT2D eigenvalue weighted by Gasteiger charge is 2.08. The second-order valence-corrected chi connectivity index (χ2v) is 14.1. The van der Waals surface area contributed by atoms with Crippen molar-refractivity contribution in [1.29, 1.82) is 0 Å². The van der Waals surface area contributed by atoms with Crippen molar-refractivity contribution in [2.24, 2.45) is 5.92 Å². The molecule has 0 radical (unpaired) electrons. The van der Waals surface area contributed by atoms with Crippen LogP contribution in [0.15, 0.2) is 24.3 Å². The summed E-state index contributed by atoms with van der Waals surface area (Å²) in [5.74, 6) is -0.361. The van der Waals surface area contributed by atoms with Gasteiger partial charge in [-0.2, -0.15) is 0 Å². The number of carboxylic acids is 2. The second-order valence-electron chi connectivity index (χ2n) is 14.1. The molecule has 0 fully saturated rings. The van der Waals surface area contributed by atoms with Crippen molar-refractivity contribution in [1.82, 2.24) is 0 Å². The summed E-state index contributed by atoms with van der Waals surface area (Å²) in [5.41, 5.74) is 0. The number of hydrogen-bond acceptors (Lipinski definition) is 2. The molecule has 0 rings (SSSR count). The van der Waals surface area contributed by atoms with Crippen molar-refractivity contribution in [3.63, 3.8) is 0 Å². The van der Waals surface area contributed by atoms with Gasteiger partial charge in [0.05, 0.1) is 0 Å². The number of hydrogen-bond donors (Lipinski definition) is 2. The van der Waals surface area contributed by atoms with E-state index in [1.165, 1.54) is 180 Å². The zero-order valence-corrected chi connectivity index (χ0v) is 30.6. The summed E-state index contributed by atoms with van der Waals surface area (Å²) in [5, 5.41) is 17.3. The van der Waals surface area contributed by atoms with Crippen molar-refractivity contribution in [3.05, 3.63) is 24.3 Å². The molecule has 0 amide bonds. The average Bonchev–Trinajstić information content (AvgIpc) is 3.03. The van der Waals surface area contributed by atoms with Crippen LogP contribution in [0, 0.1) is 5.92 Å². The predicted molar refractivity (Wildman–Crippen MR) is 200 cm³/mol. The molecule has 46 heavy (non-hydrogen) atoms. The first-order chi connectivity index (χ1) is 22.6. The molecule has 0 bridgehead atoms. The molecule has 0 aliphatic rings. The van der Waals surface area contributed by atoms with Gasteiger partial charge in [0.1, 0.15) is 0 Å². The molecule has 0 saturated carbocycles. The Kier molecular flexibility index (Phi) is 36.6. The fourth-order valence-corrected chi connectivity index (χ4v) is 6.53. The molecule has 2 N–H and O–H groups in total. The molecule has 4 nitrogen and oxygen atoms in total. The summed E-state index contributed by atoms with van der Waals surface area (Å²) >= 11 is 0. The Hall–Kier alpha value is -1.58. The minimum Gasteiger partial charge on any atom is -0.481 e. The highest BCUT2D eigenvalue weighted by atomic mass is 16.4. The molecule has 0 aromatic rings. The van der Waals surface area contributed by atoms with Gasteiger partial charge >= 0.3 is 11.9 Å². The van der Waals surface area contributed by atoms with Gasteiger partial charge in [-0.1, -0.05) is 172 Å². The smallest absolute Gasteiger partial charge is 0.303 e. The molecule has 4 heteroatoms. The number of rotatable bonds is 38. The standard InChI is InChI=1S/C42H78O4/c1-2-3-30-35-40(36-31-26-22-18-14-10-6-4-8-12-16-20-24-28-33-38-41(43)44)37-32-27-23-19-15-11-7-5-9-13-17-21-25-29-34-39-42(45)46/h4-5,8-9,40H,2-3,6-7,10-39H2,1H3,(H,43,44)(H,45,46)/b8-4-,9-5-. The Morgan fingerprint density at radius 1 is 0.391 bits per heavy atom. The first-order valence-electron chi connectivity index (χ1n) is 20.3. The third-order valence-electron chi connectivity index (χ3n) is 9.54. The summed E-state index contributed by atoms with van der Waals surface area (Å²) in [4.78, 5) is 21.0. The van der Waals surface area contributed by atoms with Gasteiger partial charge in [0.25, 0.3) is 0 Å². The summed E-state index contributed by atoms with van der Waals surface area (Å²) in [6.45, 7) is 2.33. The molecule has 270 valence electrons. The van der Waals surface area contributed by atoms with Crippen LogP contribution >= 0.6 is 0 Å². The minimum absolute atomic E-state index is 0.324. The number of carbonyl (C=O) groups is 2. The van der Waals surface area contributed by atoms with E-state index in [0.29, 0.717) is 12.8 Å². The lowest BCUT2D eigenvalue weighted by Crippen LogP contribution is -2.01. The Morgan fingerprint density at radius 2 is 0.652 bits per heavy atom. The third-order valence-corrected chi connectivity index (χ3v) is 9.54. The van der Waals surface area contributed by atoms with Crippen molar-refractivity contribution >= 4 is 11.9 Å². The molecule has 0 aromatic heterocycles. The number of unbranched alkanes of at least 4 members (excludes halogenated alkanes) is 24. The molecule has 0 atom stereocenters. The first-order valence-corrected chi connectivity index (χ1v) is 20.3. The van der Waals surface area contributed by atoms with E-state index in [4.69, 9.17) is 10.2 Å². The molecule has 0 spiro atoms. The largest absolute Gasteiger partial charge is 0.481 e. The van der Waals surface area contributed by atoms with Gasteiger partial charge < -0.3 is 10.2 Å². The van der Waals surface area contributed by atoms with E-state index in [0.717, 1.165) is 31.6 Å².